The van der Waals surface area contributed by atoms with Gasteiger partial charge in [-0.25, -0.2) is 0 Å². The molecule has 1 rings (SSSR count). The molecule has 18 heavy (non-hydrogen) atoms. The Morgan fingerprint density at radius 1 is 1.28 bits per heavy atom. The second-order valence-electron chi connectivity index (χ2n) is 3.98. The van der Waals surface area contributed by atoms with Crippen LogP contribution in [0.1, 0.15) is 12.0 Å². The van der Waals surface area contributed by atoms with Crippen molar-refractivity contribution >= 4 is 27.5 Å². The molecule has 1 N–H and O–H groups in total. The average molecular weight is 337 g/mol. The number of hydrogen-bond acceptors (Lipinski definition) is 3. The SMILES string of the molecule is COCCCNCCOc1c(C)cc(Br)cc1Cl. The lowest BCUT2D eigenvalue weighted by Crippen LogP contribution is -2.23. The minimum atomic E-state index is 0.606. The smallest absolute Gasteiger partial charge is 0.140 e. The molecule has 0 aliphatic rings. The Labute approximate surface area is 122 Å². The third-order valence-electron chi connectivity index (χ3n) is 2.42. The number of methoxy groups -OCH3 is 1. The Hall–Kier alpha value is -0.290. The van der Waals surface area contributed by atoms with Crippen molar-refractivity contribution in [1.82, 2.24) is 5.32 Å². The molecule has 5 heteroatoms. The van der Waals surface area contributed by atoms with Gasteiger partial charge in [0.1, 0.15) is 12.4 Å². The lowest BCUT2D eigenvalue weighted by molar-refractivity contribution is 0.193. The summed E-state index contributed by atoms with van der Waals surface area (Å²) in [5, 5.41) is 3.92. The largest absolute Gasteiger partial charge is 0.490 e. The van der Waals surface area contributed by atoms with Crippen molar-refractivity contribution in [2.75, 3.05) is 33.4 Å². The van der Waals surface area contributed by atoms with Crippen LogP contribution in [0.25, 0.3) is 0 Å². The molecule has 0 saturated carbocycles. The molecule has 1 aromatic carbocycles. The summed E-state index contributed by atoms with van der Waals surface area (Å²) in [6.07, 6.45) is 1.01. The van der Waals surface area contributed by atoms with Gasteiger partial charge < -0.3 is 14.8 Å². The van der Waals surface area contributed by atoms with Crippen LogP contribution >= 0.6 is 27.5 Å². The van der Waals surface area contributed by atoms with Crippen molar-refractivity contribution in [1.29, 1.82) is 0 Å². The lowest BCUT2D eigenvalue weighted by Gasteiger charge is -2.12. The van der Waals surface area contributed by atoms with Crippen LogP contribution in [0.15, 0.2) is 16.6 Å². The minimum absolute atomic E-state index is 0.606. The monoisotopic (exact) mass is 335 g/mol. The summed E-state index contributed by atoms with van der Waals surface area (Å²) in [7, 11) is 1.71. The fourth-order valence-corrected chi connectivity index (χ4v) is 2.59. The van der Waals surface area contributed by atoms with Gasteiger partial charge in [0, 0.05) is 24.7 Å². The van der Waals surface area contributed by atoms with Gasteiger partial charge in [0.15, 0.2) is 0 Å². The summed E-state index contributed by atoms with van der Waals surface area (Å²) < 4.78 is 11.6. The van der Waals surface area contributed by atoms with Crippen molar-refractivity contribution in [3.63, 3.8) is 0 Å². The molecule has 0 spiro atoms. The molecule has 0 saturated heterocycles. The highest BCUT2D eigenvalue weighted by atomic mass is 79.9. The van der Waals surface area contributed by atoms with Crippen LogP contribution in [0.2, 0.25) is 5.02 Å². The van der Waals surface area contributed by atoms with E-state index in [0.29, 0.717) is 11.6 Å². The molecule has 0 atom stereocenters. The highest BCUT2D eigenvalue weighted by Crippen LogP contribution is 2.31. The Morgan fingerprint density at radius 2 is 2.06 bits per heavy atom. The maximum atomic E-state index is 6.12. The molecule has 102 valence electrons. The van der Waals surface area contributed by atoms with Crippen molar-refractivity contribution in [3.8, 4) is 5.75 Å². The number of halogens is 2. The van der Waals surface area contributed by atoms with Gasteiger partial charge in [-0.1, -0.05) is 27.5 Å². The minimum Gasteiger partial charge on any atom is -0.490 e. The van der Waals surface area contributed by atoms with Crippen molar-refractivity contribution in [2.24, 2.45) is 0 Å². The molecule has 0 fully saturated rings. The number of nitrogens with one attached hydrogen (secondary N) is 1. The first-order chi connectivity index (χ1) is 8.65. The Kier molecular flexibility index (Phi) is 7.66. The molecule has 3 nitrogen and oxygen atoms in total. The van der Waals surface area contributed by atoms with Gasteiger partial charge in [-0.3, -0.25) is 0 Å². The molecule has 0 unspecified atom stereocenters. The molecular weight excluding hydrogens is 318 g/mol. The van der Waals surface area contributed by atoms with Crippen LogP contribution in [0.3, 0.4) is 0 Å². The van der Waals surface area contributed by atoms with E-state index in [9.17, 15) is 0 Å². The summed E-state index contributed by atoms with van der Waals surface area (Å²) in [6, 6.07) is 3.84. The highest BCUT2D eigenvalue weighted by molar-refractivity contribution is 9.10. The van der Waals surface area contributed by atoms with Crippen molar-refractivity contribution < 1.29 is 9.47 Å². The molecule has 0 aliphatic carbocycles. The summed E-state index contributed by atoms with van der Waals surface area (Å²) in [4.78, 5) is 0. The summed E-state index contributed by atoms with van der Waals surface area (Å²) in [5.41, 5.74) is 1.04. The van der Waals surface area contributed by atoms with E-state index >= 15 is 0 Å². The van der Waals surface area contributed by atoms with E-state index in [1.807, 2.05) is 19.1 Å². The molecule has 0 radical (unpaired) electrons. The zero-order valence-electron chi connectivity index (χ0n) is 10.8. The van der Waals surface area contributed by atoms with Gasteiger partial charge in [-0.2, -0.15) is 0 Å². The van der Waals surface area contributed by atoms with E-state index in [0.717, 1.165) is 41.9 Å². The summed E-state index contributed by atoms with van der Waals surface area (Å²) in [6.45, 7) is 5.11. The number of hydrogen-bond donors (Lipinski definition) is 1. The van der Waals surface area contributed by atoms with E-state index < -0.39 is 0 Å². The summed E-state index contributed by atoms with van der Waals surface area (Å²) >= 11 is 9.52. The van der Waals surface area contributed by atoms with Gasteiger partial charge >= 0.3 is 0 Å². The first-order valence-electron chi connectivity index (χ1n) is 5.93. The van der Waals surface area contributed by atoms with Crippen LogP contribution < -0.4 is 10.1 Å². The zero-order valence-corrected chi connectivity index (χ0v) is 13.1. The van der Waals surface area contributed by atoms with E-state index in [2.05, 4.69) is 21.2 Å². The molecule has 0 bridgehead atoms. The molecule has 0 heterocycles. The number of aryl methyl sites for hydroxylation is 1. The molecule has 0 amide bonds. The number of benzene rings is 1. The summed E-state index contributed by atoms with van der Waals surface area (Å²) in [5.74, 6) is 0.763. The standard InChI is InChI=1S/C13H19BrClNO2/c1-10-8-11(14)9-12(15)13(10)18-7-5-16-4-3-6-17-2/h8-9,16H,3-7H2,1-2H3. The Bertz CT molecular complexity index is 351. The Morgan fingerprint density at radius 3 is 2.72 bits per heavy atom. The third-order valence-corrected chi connectivity index (χ3v) is 3.16. The third kappa shape index (κ3) is 5.57. The van der Waals surface area contributed by atoms with Crippen LogP contribution in [0.5, 0.6) is 5.75 Å². The van der Waals surface area contributed by atoms with Gasteiger partial charge in [0.25, 0.3) is 0 Å². The predicted octanol–water partition coefficient (Wildman–Crippen LogP) is 3.42. The maximum absolute atomic E-state index is 6.12. The second kappa shape index (κ2) is 8.75. The zero-order chi connectivity index (χ0) is 13.4. The van der Waals surface area contributed by atoms with Gasteiger partial charge in [-0.05, 0) is 37.6 Å². The van der Waals surface area contributed by atoms with Crippen LogP contribution in [-0.4, -0.2) is 33.4 Å². The lowest BCUT2D eigenvalue weighted by atomic mass is 10.2. The Balaban J connectivity index is 2.27. The first-order valence-corrected chi connectivity index (χ1v) is 7.10. The van der Waals surface area contributed by atoms with E-state index in [1.165, 1.54) is 0 Å². The van der Waals surface area contributed by atoms with E-state index in [1.54, 1.807) is 7.11 Å². The molecule has 0 aliphatic heterocycles. The first kappa shape index (κ1) is 15.8. The second-order valence-corrected chi connectivity index (χ2v) is 5.30. The fourth-order valence-electron chi connectivity index (χ4n) is 1.56. The van der Waals surface area contributed by atoms with E-state index in [4.69, 9.17) is 21.1 Å². The van der Waals surface area contributed by atoms with E-state index in [-0.39, 0.29) is 0 Å². The predicted molar refractivity (Wildman–Crippen MR) is 78.7 cm³/mol. The van der Waals surface area contributed by atoms with Gasteiger partial charge in [0.2, 0.25) is 0 Å². The van der Waals surface area contributed by atoms with Gasteiger partial charge in [0.05, 0.1) is 5.02 Å². The average Bonchev–Trinajstić information content (AvgIpc) is 2.30. The van der Waals surface area contributed by atoms with Crippen LogP contribution in [0.4, 0.5) is 0 Å². The fraction of sp³-hybridized carbons (Fsp3) is 0.538. The van der Waals surface area contributed by atoms with Crippen molar-refractivity contribution in [3.05, 3.63) is 27.2 Å². The highest BCUT2D eigenvalue weighted by Gasteiger charge is 2.06. The molecular formula is C13H19BrClNO2. The van der Waals surface area contributed by atoms with Gasteiger partial charge in [-0.15, -0.1) is 0 Å². The quantitative estimate of drug-likeness (QED) is 0.738. The number of ether oxygens (including phenoxy) is 2. The van der Waals surface area contributed by atoms with Crippen molar-refractivity contribution in [2.45, 2.75) is 13.3 Å². The molecule has 0 aromatic heterocycles. The number of rotatable bonds is 8. The maximum Gasteiger partial charge on any atom is 0.140 e. The normalized spacial score (nSPS) is 10.7. The van der Waals surface area contributed by atoms with Crippen LogP contribution in [0, 0.1) is 6.92 Å². The topological polar surface area (TPSA) is 30.5 Å². The molecule has 1 aromatic rings. The van der Waals surface area contributed by atoms with Crippen LogP contribution in [-0.2, 0) is 4.74 Å².